The summed E-state index contributed by atoms with van der Waals surface area (Å²) in [6, 6.07) is 25.1. The lowest BCUT2D eigenvalue weighted by atomic mass is 10.1. The highest BCUT2D eigenvalue weighted by Gasteiger charge is 2.26. The van der Waals surface area contributed by atoms with Gasteiger partial charge in [0.2, 0.25) is 0 Å². The number of anilines is 2. The first-order valence-electron chi connectivity index (χ1n) is 13.9. The van der Waals surface area contributed by atoms with Crippen LogP contribution in [-0.2, 0) is 4.79 Å². The minimum absolute atomic E-state index is 0.0479. The van der Waals surface area contributed by atoms with E-state index in [1.165, 1.54) is 11.3 Å². The lowest BCUT2D eigenvalue weighted by Gasteiger charge is -2.37. The fraction of sp³-hybridized carbons (Fsp3) is 0.182. The zero-order valence-corrected chi connectivity index (χ0v) is 24.4. The fourth-order valence-electron chi connectivity index (χ4n) is 4.99. The van der Waals surface area contributed by atoms with E-state index in [1.807, 2.05) is 34.5 Å². The second-order valence-electron chi connectivity index (χ2n) is 10.2. The molecule has 3 N–H and O–H groups in total. The largest absolute Gasteiger partial charge is 0.481 e. The SMILES string of the molecule is N#Cc1ccc(C(=O)Nc2cc(C(=O)NC(CC(=O)O)c3cccs3)ccc2N2CCN(C(=O)c3ccccc3)CC2)cc1. The van der Waals surface area contributed by atoms with E-state index in [9.17, 15) is 24.3 Å². The van der Waals surface area contributed by atoms with Gasteiger partial charge in [-0.3, -0.25) is 19.2 Å². The van der Waals surface area contributed by atoms with Crippen molar-refractivity contribution in [1.29, 1.82) is 5.26 Å². The first-order valence-corrected chi connectivity index (χ1v) is 14.8. The first kappa shape index (κ1) is 30.0. The highest BCUT2D eigenvalue weighted by molar-refractivity contribution is 7.10. The molecule has 4 aromatic rings. The van der Waals surface area contributed by atoms with Crippen molar-refractivity contribution >= 4 is 46.4 Å². The molecular formula is C33H29N5O5S. The van der Waals surface area contributed by atoms with Gasteiger partial charge in [-0.05, 0) is 66.0 Å². The van der Waals surface area contributed by atoms with E-state index in [1.54, 1.807) is 71.6 Å². The van der Waals surface area contributed by atoms with Crippen LogP contribution in [0.4, 0.5) is 11.4 Å². The second-order valence-corrected chi connectivity index (χ2v) is 11.1. The number of aliphatic carboxylic acids is 1. The molecule has 10 nitrogen and oxygen atoms in total. The van der Waals surface area contributed by atoms with E-state index in [2.05, 4.69) is 10.6 Å². The Bertz CT molecular complexity index is 1690. The van der Waals surface area contributed by atoms with Crippen molar-refractivity contribution in [1.82, 2.24) is 10.2 Å². The number of piperazine rings is 1. The lowest BCUT2D eigenvalue weighted by Crippen LogP contribution is -2.49. The van der Waals surface area contributed by atoms with Gasteiger partial charge >= 0.3 is 5.97 Å². The van der Waals surface area contributed by atoms with Crippen molar-refractivity contribution in [2.75, 3.05) is 36.4 Å². The van der Waals surface area contributed by atoms with Crippen LogP contribution in [0.1, 0.15) is 54.0 Å². The Balaban J connectivity index is 1.39. The molecule has 222 valence electrons. The molecule has 1 fully saturated rings. The van der Waals surface area contributed by atoms with E-state index in [0.29, 0.717) is 54.2 Å². The van der Waals surface area contributed by atoms with Gasteiger partial charge < -0.3 is 25.5 Å². The van der Waals surface area contributed by atoms with E-state index >= 15 is 0 Å². The minimum Gasteiger partial charge on any atom is -0.481 e. The Morgan fingerprint density at radius 2 is 1.55 bits per heavy atom. The van der Waals surface area contributed by atoms with Gasteiger partial charge in [0.25, 0.3) is 17.7 Å². The number of nitriles is 1. The zero-order valence-electron chi connectivity index (χ0n) is 23.6. The number of hydrogen-bond acceptors (Lipinski definition) is 7. The van der Waals surface area contributed by atoms with Gasteiger partial charge in [-0.2, -0.15) is 5.26 Å². The Hall–Kier alpha value is -5.47. The maximum atomic E-state index is 13.4. The topological polar surface area (TPSA) is 143 Å². The summed E-state index contributed by atoms with van der Waals surface area (Å²) in [5.74, 6) is -2.00. The number of carbonyl (C=O) groups is 4. The Labute approximate surface area is 258 Å². The molecule has 0 aliphatic carbocycles. The number of rotatable bonds is 9. The van der Waals surface area contributed by atoms with Crippen LogP contribution in [0, 0.1) is 11.3 Å². The Morgan fingerprint density at radius 1 is 0.841 bits per heavy atom. The minimum atomic E-state index is -1.04. The summed E-state index contributed by atoms with van der Waals surface area (Å²) in [7, 11) is 0. The first-order chi connectivity index (χ1) is 21.3. The van der Waals surface area contributed by atoms with Crippen molar-refractivity contribution in [3.63, 3.8) is 0 Å². The number of carboxylic acids is 1. The van der Waals surface area contributed by atoms with Crippen LogP contribution >= 0.6 is 11.3 Å². The molecule has 44 heavy (non-hydrogen) atoms. The third-order valence-electron chi connectivity index (χ3n) is 7.28. The van der Waals surface area contributed by atoms with Crippen molar-refractivity contribution in [2.45, 2.75) is 12.5 Å². The summed E-state index contributed by atoms with van der Waals surface area (Å²) in [6.07, 6.45) is -0.279. The summed E-state index contributed by atoms with van der Waals surface area (Å²) < 4.78 is 0. The number of nitrogens with one attached hydrogen (secondary N) is 2. The fourth-order valence-corrected chi connectivity index (χ4v) is 5.76. The van der Waals surface area contributed by atoms with Gasteiger partial charge in [-0.1, -0.05) is 24.3 Å². The number of benzene rings is 3. The number of carbonyl (C=O) groups excluding carboxylic acids is 3. The van der Waals surface area contributed by atoms with Crippen molar-refractivity contribution < 1.29 is 24.3 Å². The van der Waals surface area contributed by atoms with Gasteiger partial charge in [0.15, 0.2) is 0 Å². The maximum Gasteiger partial charge on any atom is 0.305 e. The van der Waals surface area contributed by atoms with Crippen LogP contribution < -0.4 is 15.5 Å². The number of thiophene rings is 1. The van der Waals surface area contributed by atoms with Crippen LogP contribution in [-0.4, -0.2) is 59.9 Å². The van der Waals surface area contributed by atoms with Crippen LogP contribution in [0.25, 0.3) is 0 Å². The highest BCUT2D eigenvalue weighted by Crippen LogP contribution is 2.30. The third kappa shape index (κ3) is 7.11. The van der Waals surface area contributed by atoms with E-state index < -0.39 is 23.8 Å². The molecule has 3 amide bonds. The molecule has 3 aromatic carbocycles. The van der Waals surface area contributed by atoms with Crippen LogP contribution in [0.3, 0.4) is 0 Å². The third-order valence-corrected chi connectivity index (χ3v) is 8.27. The summed E-state index contributed by atoms with van der Waals surface area (Å²) >= 11 is 1.35. The monoisotopic (exact) mass is 607 g/mol. The molecule has 2 heterocycles. The average Bonchev–Trinajstić information content (AvgIpc) is 3.60. The molecule has 1 unspecified atom stereocenters. The Kier molecular flexibility index (Phi) is 9.32. The number of carboxylic acid groups (broad SMARTS) is 1. The van der Waals surface area contributed by atoms with Gasteiger partial charge in [0, 0.05) is 47.7 Å². The molecule has 1 aromatic heterocycles. The van der Waals surface area contributed by atoms with Crippen molar-refractivity contribution in [2.24, 2.45) is 0 Å². The van der Waals surface area contributed by atoms with Gasteiger partial charge in [-0.15, -0.1) is 11.3 Å². The predicted octanol–water partition coefficient (Wildman–Crippen LogP) is 4.78. The smallest absolute Gasteiger partial charge is 0.305 e. The van der Waals surface area contributed by atoms with Crippen LogP contribution in [0.15, 0.2) is 90.3 Å². The summed E-state index contributed by atoms with van der Waals surface area (Å²) in [5.41, 5.74) is 2.69. The summed E-state index contributed by atoms with van der Waals surface area (Å²) in [4.78, 5) is 55.6. The van der Waals surface area contributed by atoms with Crippen LogP contribution in [0.2, 0.25) is 0 Å². The molecule has 11 heteroatoms. The summed E-state index contributed by atoms with van der Waals surface area (Å²) in [5, 5.41) is 26.1. The maximum absolute atomic E-state index is 13.4. The molecule has 5 rings (SSSR count). The average molecular weight is 608 g/mol. The molecule has 0 radical (unpaired) electrons. The van der Waals surface area contributed by atoms with E-state index in [0.717, 1.165) is 4.88 Å². The van der Waals surface area contributed by atoms with Crippen molar-refractivity contribution in [3.8, 4) is 6.07 Å². The Morgan fingerprint density at radius 3 is 2.18 bits per heavy atom. The number of hydrogen-bond donors (Lipinski definition) is 3. The zero-order chi connectivity index (χ0) is 31.1. The summed E-state index contributed by atoms with van der Waals surface area (Å²) in [6.45, 7) is 1.94. The molecule has 1 saturated heterocycles. The van der Waals surface area contributed by atoms with Gasteiger partial charge in [0.05, 0.1) is 35.5 Å². The quantitative estimate of drug-likeness (QED) is 0.249. The predicted molar refractivity (Wildman–Crippen MR) is 167 cm³/mol. The molecule has 0 spiro atoms. The molecule has 1 atom stereocenters. The molecule has 0 saturated carbocycles. The van der Waals surface area contributed by atoms with Gasteiger partial charge in [0.1, 0.15) is 0 Å². The molecule has 1 aliphatic rings. The second kappa shape index (κ2) is 13.7. The number of nitrogens with zero attached hydrogens (tertiary/aromatic N) is 3. The van der Waals surface area contributed by atoms with Crippen molar-refractivity contribution in [3.05, 3.63) is 117 Å². The number of amides is 3. The van der Waals surface area contributed by atoms with Gasteiger partial charge in [-0.25, -0.2) is 0 Å². The highest BCUT2D eigenvalue weighted by atomic mass is 32.1. The molecular weight excluding hydrogens is 578 g/mol. The van der Waals surface area contributed by atoms with E-state index in [4.69, 9.17) is 5.26 Å². The van der Waals surface area contributed by atoms with Crippen LogP contribution in [0.5, 0.6) is 0 Å². The molecule has 1 aliphatic heterocycles. The molecule has 0 bridgehead atoms. The standard InChI is InChI=1S/C33H29N5O5S/c34-21-22-8-10-23(11-9-22)31(41)35-26-19-25(32(42)36-27(20-30(39)40)29-7-4-18-44-29)12-13-28(26)37-14-16-38(17-15-37)33(43)24-5-2-1-3-6-24/h1-13,18-19,27H,14-17,20H2,(H,35,41)(H,36,42)(H,39,40). The van der Waals surface area contributed by atoms with E-state index in [-0.39, 0.29) is 17.9 Å². The normalized spacial score (nSPS) is 13.4. The lowest BCUT2D eigenvalue weighted by molar-refractivity contribution is -0.137.